The lowest BCUT2D eigenvalue weighted by Crippen LogP contribution is -2.29. The van der Waals surface area contributed by atoms with E-state index >= 15 is 0 Å². The largest absolute Gasteiger partial charge is 0.327 e. The van der Waals surface area contributed by atoms with Crippen LogP contribution in [0.25, 0.3) is 0 Å². The van der Waals surface area contributed by atoms with E-state index in [2.05, 4.69) is 13.8 Å². The Balaban J connectivity index is 1.94. The van der Waals surface area contributed by atoms with Gasteiger partial charge in [0, 0.05) is 6.04 Å². The van der Waals surface area contributed by atoms with Gasteiger partial charge in [-0.1, -0.05) is 46.0 Å². The lowest BCUT2D eigenvalue weighted by molar-refractivity contribution is 0.375. The van der Waals surface area contributed by atoms with Crippen LogP contribution in [0, 0.1) is 11.8 Å². The van der Waals surface area contributed by atoms with Crippen LogP contribution < -0.4 is 5.73 Å². The summed E-state index contributed by atoms with van der Waals surface area (Å²) >= 11 is 0. The zero-order chi connectivity index (χ0) is 10.4. The molecule has 0 aromatic carbocycles. The zero-order valence-corrected chi connectivity index (χ0v) is 9.97. The Morgan fingerprint density at radius 3 is 2.36 bits per heavy atom. The molecule has 1 rings (SSSR count). The van der Waals surface area contributed by atoms with Gasteiger partial charge in [0.15, 0.2) is 0 Å². The van der Waals surface area contributed by atoms with Gasteiger partial charge in [-0.2, -0.15) is 0 Å². The first-order chi connectivity index (χ1) is 6.75. The molecule has 2 N–H and O–H groups in total. The van der Waals surface area contributed by atoms with Crippen LogP contribution in [0.15, 0.2) is 0 Å². The van der Waals surface area contributed by atoms with Crippen LogP contribution in [0.1, 0.15) is 65.2 Å². The van der Waals surface area contributed by atoms with Crippen LogP contribution in [-0.4, -0.2) is 6.04 Å². The highest BCUT2D eigenvalue weighted by atomic mass is 14.7. The van der Waals surface area contributed by atoms with Crippen molar-refractivity contribution in [1.82, 2.24) is 0 Å². The smallest absolute Gasteiger partial charge is 0.00671 e. The van der Waals surface area contributed by atoms with E-state index in [1.165, 1.54) is 51.4 Å². The summed E-state index contributed by atoms with van der Waals surface area (Å²) in [5.41, 5.74) is 6.17. The summed E-state index contributed by atoms with van der Waals surface area (Å²) in [6, 6.07) is 0.476. The predicted molar refractivity (Wildman–Crippen MR) is 63.2 cm³/mol. The monoisotopic (exact) mass is 197 g/mol. The summed E-state index contributed by atoms with van der Waals surface area (Å²) in [6.45, 7) is 4.61. The van der Waals surface area contributed by atoms with Gasteiger partial charge < -0.3 is 5.73 Å². The standard InChI is InChI=1S/C13H27N/c1-3-4-5-6-7-8-13(14)11(2)12-9-10-12/h11-13H,3-10,14H2,1-2H3. The van der Waals surface area contributed by atoms with Crippen molar-refractivity contribution in [1.29, 1.82) is 0 Å². The third kappa shape index (κ3) is 4.45. The van der Waals surface area contributed by atoms with Crippen molar-refractivity contribution in [3.8, 4) is 0 Å². The summed E-state index contributed by atoms with van der Waals surface area (Å²) in [7, 11) is 0. The molecule has 2 unspecified atom stereocenters. The average Bonchev–Trinajstić information content (AvgIpc) is 2.99. The average molecular weight is 197 g/mol. The van der Waals surface area contributed by atoms with Crippen LogP contribution in [0.2, 0.25) is 0 Å². The Hall–Kier alpha value is -0.0400. The van der Waals surface area contributed by atoms with Gasteiger partial charge in [-0.15, -0.1) is 0 Å². The molecule has 14 heavy (non-hydrogen) atoms. The Morgan fingerprint density at radius 2 is 1.79 bits per heavy atom. The Kier molecular flexibility index (Phi) is 5.54. The first kappa shape index (κ1) is 12.0. The molecule has 84 valence electrons. The first-order valence-corrected chi connectivity index (χ1v) is 6.51. The summed E-state index contributed by atoms with van der Waals surface area (Å²) < 4.78 is 0. The van der Waals surface area contributed by atoms with Crippen molar-refractivity contribution in [3.05, 3.63) is 0 Å². The van der Waals surface area contributed by atoms with Crippen molar-refractivity contribution in [3.63, 3.8) is 0 Å². The molecule has 0 heterocycles. The fourth-order valence-electron chi connectivity index (χ4n) is 2.22. The highest BCUT2D eigenvalue weighted by molar-refractivity contribution is 4.84. The number of nitrogens with two attached hydrogens (primary N) is 1. The Morgan fingerprint density at radius 1 is 1.14 bits per heavy atom. The summed E-state index contributed by atoms with van der Waals surface area (Å²) in [6.07, 6.45) is 11.0. The molecule has 0 aliphatic heterocycles. The van der Waals surface area contributed by atoms with Crippen LogP contribution in [0.4, 0.5) is 0 Å². The van der Waals surface area contributed by atoms with Crippen LogP contribution in [-0.2, 0) is 0 Å². The summed E-state index contributed by atoms with van der Waals surface area (Å²) in [5.74, 6) is 1.75. The second-order valence-corrected chi connectivity index (χ2v) is 5.06. The van der Waals surface area contributed by atoms with Gasteiger partial charge in [0.2, 0.25) is 0 Å². The molecule has 0 amide bonds. The maximum atomic E-state index is 6.17. The number of hydrogen-bond donors (Lipinski definition) is 1. The van der Waals surface area contributed by atoms with Crippen LogP contribution in [0.3, 0.4) is 0 Å². The maximum absolute atomic E-state index is 6.17. The van der Waals surface area contributed by atoms with Gasteiger partial charge in [0.05, 0.1) is 0 Å². The fraction of sp³-hybridized carbons (Fsp3) is 1.00. The van der Waals surface area contributed by atoms with Crippen molar-refractivity contribution < 1.29 is 0 Å². The van der Waals surface area contributed by atoms with E-state index in [9.17, 15) is 0 Å². The van der Waals surface area contributed by atoms with Gasteiger partial charge in [-0.3, -0.25) is 0 Å². The van der Waals surface area contributed by atoms with Gasteiger partial charge in [0.1, 0.15) is 0 Å². The SMILES string of the molecule is CCCCCCCC(N)C(C)C1CC1. The van der Waals surface area contributed by atoms with Gasteiger partial charge in [-0.25, -0.2) is 0 Å². The van der Waals surface area contributed by atoms with Gasteiger partial charge >= 0.3 is 0 Å². The summed E-state index contributed by atoms with van der Waals surface area (Å²) in [4.78, 5) is 0. The lowest BCUT2D eigenvalue weighted by Gasteiger charge is -2.19. The fourth-order valence-corrected chi connectivity index (χ4v) is 2.22. The highest BCUT2D eigenvalue weighted by Gasteiger charge is 2.31. The van der Waals surface area contributed by atoms with E-state index in [-0.39, 0.29) is 0 Å². The molecule has 2 atom stereocenters. The molecule has 1 aliphatic rings. The first-order valence-electron chi connectivity index (χ1n) is 6.51. The van der Waals surface area contributed by atoms with Crippen molar-refractivity contribution in [2.75, 3.05) is 0 Å². The van der Waals surface area contributed by atoms with Crippen molar-refractivity contribution >= 4 is 0 Å². The van der Waals surface area contributed by atoms with Gasteiger partial charge in [-0.05, 0) is 31.1 Å². The highest BCUT2D eigenvalue weighted by Crippen LogP contribution is 2.38. The Labute approximate surface area is 89.5 Å². The number of hydrogen-bond acceptors (Lipinski definition) is 1. The third-order valence-electron chi connectivity index (χ3n) is 3.68. The lowest BCUT2D eigenvalue weighted by atomic mass is 9.93. The molecule has 1 fully saturated rings. The van der Waals surface area contributed by atoms with E-state index in [1.807, 2.05) is 0 Å². The quantitative estimate of drug-likeness (QED) is 0.590. The van der Waals surface area contributed by atoms with E-state index in [0.717, 1.165) is 11.8 Å². The molecule has 1 nitrogen and oxygen atoms in total. The Bertz CT molecular complexity index is 140. The van der Waals surface area contributed by atoms with Crippen molar-refractivity contribution in [2.45, 2.75) is 71.3 Å². The predicted octanol–water partition coefficient (Wildman–Crippen LogP) is 3.72. The molecule has 0 bridgehead atoms. The second kappa shape index (κ2) is 6.44. The van der Waals surface area contributed by atoms with Crippen LogP contribution in [0.5, 0.6) is 0 Å². The van der Waals surface area contributed by atoms with Crippen LogP contribution >= 0.6 is 0 Å². The normalized spacial score (nSPS) is 20.8. The van der Waals surface area contributed by atoms with E-state index in [4.69, 9.17) is 5.73 Å². The molecular weight excluding hydrogens is 170 g/mol. The molecule has 0 saturated heterocycles. The molecule has 1 aliphatic carbocycles. The zero-order valence-electron chi connectivity index (χ0n) is 9.97. The van der Waals surface area contributed by atoms with Gasteiger partial charge in [0.25, 0.3) is 0 Å². The molecule has 0 aromatic rings. The van der Waals surface area contributed by atoms with Crippen molar-refractivity contribution in [2.24, 2.45) is 17.6 Å². The van der Waals surface area contributed by atoms with E-state index in [1.54, 1.807) is 0 Å². The second-order valence-electron chi connectivity index (χ2n) is 5.06. The summed E-state index contributed by atoms with van der Waals surface area (Å²) in [5, 5.41) is 0. The minimum atomic E-state index is 0.476. The molecule has 0 aromatic heterocycles. The number of rotatable bonds is 8. The topological polar surface area (TPSA) is 26.0 Å². The maximum Gasteiger partial charge on any atom is 0.00671 e. The number of unbranched alkanes of at least 4 members (excludes halogenated alkanes) is 4. The third-order valence-corrected chi connectivity index (χ3v) is 3.68. The molecular formula is C13H27N. The molecule has 1 heteroatoms. The minimum Gasteiger partial charge on any atom is -0.327 e. The van der Waals surface area contributed by atoms with E-state index < -0.39 is 0 Å². The minimum absolute atomic E-state index is 0.476. The molecule has 0 radical (unpaired) electrons. The van der Waals surface area contributed by atoms with E-state index in [0.29, 0.717) is 6.04 Å². The molecule has 1 saturated carbocycles. The molecule has 0 spiro atoms.